The van der Waals surface area contributed by atoms with Crippen LogP contribution in [0.1, 0.15) is 78.1 Å². The Morgan fingerprint density at radius 1 is 1.06 bits per heavy atom. The molecule has 4 nitrogen and oxygen atoms in total. The van der Waals surface area contributed by atoms with E-state index in [1.54, 1.807) is 0 Å². The van der Waals surface area contributed by atoms with Crippen LogP contribution in [0, 0.1) is 23.2 Å². The van der Waals surface area contributed by atoms with E-state index in [4.69, 9.17) is 0 Å². The lowest BCUT2D eigenvalue weighted by Gasteiger charge is -2.46. The number of likely N-dealkylation sites (tertiary alicyclic amines) is 1. The summed E-state index contributed by atoms with van der Waals surface area (Å²) >= 11 is 0. The highest BCUT2D eigenvalue weighted by molar-refractivity contribution is 5.26. The standard InChI is InChI=1S/C27H42F3NO3/c1-18(17-31-12-10-26(34,11-13-31)27(28,29)30)23-7-8-24-20(4-3-9-25(23,24)2)6-5-19-14-21(32)16-22(33)15-19/h5-6,18,21-24,32-34H,3-4,7-17H2,1-2H3/b20-6+/t18?,21-,22-,23-,24+,25-/m1/s1. The van der Waals surface area contributed by atoms with Gasteiger partial charge in [-0.25, -0.2) is 0 Å². The van der Waals surface area contributed by atoms with Crippen molar-refractivity contribution >= 4 is 0 Å². The largest absolute Gasteiger partial charge is 0.417 e. The average Bonchev–Trinajstić information content (AvgIpc) is 3.10. The van der Waals surface area contributed by atoms with Gasteiger partial charge in [0.1, 0.15) is 0 Å². The number of aliphatic hydroxyl groups is 3. The Balaban J connectivity index is 1.39. The Hall–Kier alpha value is -0.890. The van der Waals surface area contributed by atoms with Crippen LogP contribution in [-0.4, -0.2) is 63.8 Å². The molecule has 1 heterocycles. The van der Waals surface area contributed by atoms with Crippen molar-refractivity contribution < 1.29 is 28.5 Å². The summed E-state index contributed by atoms with van der Waals surface area (Å²) in [6, 6.07) is 0. The quantitative estimate of drug-likeness (QED) is 0.525. The monoisotopic (exact) mass is 485 g/mol. The fraction of sp³-hybridized carbons (Fsp3) is 0.852. The zero-order chi connectivity index (χ0) is 24.7. The molecule has 0 spiro atoms. The summed E-state index contributed by atoms with van der Waals surface area (Å²) in [7, 11) is 0. The first-order valence-corrected chi connectivity index (χ1v) is 13.2. The van der Waals surface area contributed by atoms with E-state index < -0.39 is 24.0 Å². The van der Waals surface area contributed by atoms with Gasteiger partial charge >= 0.3 is 6.18 Å². The molecule has 4 fully saturated rings. The van der Waals surface area contributed by atoms with E-state index in [2.05, 4.69) is 30.9 Å². The summed E-state index contributed by atoms with van der Waals surface area (Å²) < 4.78 is 39.5. The minimum atomic E-state index is -4.55. The Morgan fingerprint density at radius 2 is 1.71 bits per heavy atom. The smallest absolute Gasteiger partial charge is 0.393 e. The number of rotatable bonds is 4. The van der Waals surface area contributed by atoms with Gasteiger partial charge in [-0.05, 0) is 87.4 Å². The molecule has 0 aromatic heterocycles. The highest BCUT2D eigenvalue weighted by atomic mass is 19.4. The molecule has 3 aliphatic carbocycles. The molecule has 3 saturated carbocycles. The topological polar surface area (TPSA) is 63.9 Å². The van der Waals surface area contributed by atoms with Crippen LogP contribution in [0.15, 0.2) is 23.3 Å². The Bertz CT molecular complexity index is 774. The molecule has 1 aliphatic heterocycles. The van der Waals surface area contributed by atoms with Crippen molar-refractivity contribution in [2.24, 2.45) is 23.2 Å². The number of allylic oxidation sites excluding steroid dienone is 3. The summed E-state index contributed by atoms with van der Waals surface area (Å²) in [5.41, 5.74) is 0.284. The molecule has 0 aromatic carbocycles. The van der Waals surface area contributed by atoms with Crippen molar-refractivity contribution in [1.29, 1.82) is 0 Å². The first-order valence-electron chi connectivity index (χ1n) is 13.2. The molecule has 0 aromatic rings. The summed E-state index contributed by atoms with van der Waals surface area (Å²) in [4.78, 5) is 2.12. The third-order valence-electron chi connectivity index (χ3n) is 9.55. The SMILES string of the molecule is CC(CN1CCC(O)(C(F)(F)F)CC1)[C@H]1CC[C@H]2/C(=C/C=C3C[C@@H](O)C[C@H](O)C3)CCC[C@]12C. The zero-order valence-corrected chi connectivity index (χ0v) is 20.7. The number of alkyl halides is 3. The molecule has 34 heavy (non-hydrogen) atoms. The third kappa shape index (κ3) is 5.28. The van der Waals surface area contributed by atoms with Crippen LogP contribution in [0.25, 0.3) is 0 Å². The number of aliphatic hydroxyl groups excluding tert-OH is 2. The number of piperidine rings is 1. The molecule has 4 rings (SSSR count). The van der Waals surface area contributed by atoms with Crippen molar-refractivity contribution in [1.82, 2.24) is 4.90 Å². The van der Waals surface area contributed by atoms with Crippen molar-refractivity contribution in [3.63, 3.8) is 0 Å². The molecule has 0 bridgehead atoms. The summed E-state index contributed by atoms with van der Waals surface area (Å²) in [5, 5.41) is 29.9. The van der Waals surface area contributed by atoms with Gasteiger partial charge in [-0.3, -0.25) is 0 Å². The molecule has 194 valence electrons. The first-order chi connectivity index (χ1) is 15.9. The minimum absolute atomic E-state index is 0.204. The molecule has 1 unspecified atom stereocenters. The van der Waals surface area contributed by atoms with E-state index in [-0.39, 0.29) is 18.3 Å². The van der Waals surface area contributed by atoms with Gasteiger partial charge in [-0.2, -0.15) is 13.2 Å². The molecule has 1 saturated heterocycles. The fourth-order valence-electron chi connectivity index (χ4n) is 7.67. The second kappa shape index (κ2) is 9.87. The highest BCUT2D eigenvalue weighted by Crippen LogP contribution is 2.59. The summed E-state index contributed by atoms with van der Waals surface area (Å²) in [6.45, 7) is 6.05. The van der Waals surface area contributed by atoms with Gasteiger partial charge in [0.25, 0.3) is 0 Å². The lowest BCUT2D eigenvalue weighted by atomic mass is 9.61. The molecule has 0 radical (unpaired) electrons. The Morgan fingerprint density at radius 3 is 2.32 bits per heavy atom. The first kappa shape index (κ1) is 26.2. The third-order valence-corrected chi connectivity index (χ3v) is 9.55. The van der Waals surface area contributed by atoms with Crippen molar-refractivity contribution in [3.05, 3.63) is 23.3 Å². The number of hydrogen-bond donors (Lipinski definition) is 3. The van der Waals surface area contributed by atoms with Crippen LogP contribution in [0.4, 0.5) is 13.2 Å². The Kier molecular flexibility index (Phi) is 7.60. The van der Waals surface area contributed by atoms with E-state index in [0.717, 1.165) is 37.8 Å². The van der Waals surface area contributed by atoms with Crippen LogP contribution in [-0.2, 0) is 0 Å². The predicted molar refractivity (Wildman–Crippen MR) is 126 cm³/mol. The maximum atomic E-state index is 13.2. The van der Waals surface area contributed by atoms with Crippen LogP contribution in [0.3, 0.4) is 0 Å². The van der Waals surface area contributed by atoms with Crippen molar-refractivity contribution in [3.8, 4) is 0 Å². The second-order valence-electron chi connectivity index (χ2n) is 11.9. The van der Waals surface area contributed by atoms with Crippen molar-refractivity contribution in [2.75, 3.05) is 19.6 Å². The van der Waals surface area contributed by atoms with E-state index >= 15 is 0 Å². The van der Waals surface area contributed by atoms with E-state index in [0.29, 0.717) is 50.1 Å². The van der Waals surface area contributed by atoms with E-state index in [9.17, 15) is 28.5 Å². The lowest BCUT2D eigenvalue weighted by Crippen LogP contribution is -2.54. The molecule has 4 aliphatic rings. The molecule has 3 N–H and O–H groups in total. The zero-order valence-electron chi connectivity index (χ0n) is 20.7. The van der Waals surface area contributed by atoms with Gasteiger partial charge < -0.3 is 20.2 Å². The van der Waals surface area contributed by atoms with Crippen LogP contribution in [0.2, 0.25) is 0 Å². The van der Waals surface area contributed by atoms with Crippen LogP contribution in [0.5, 0.6) is 0 Å². The van der Waals surface area contributed by atoms with E-state index in [1.165, 1.54) is 12.0 Å². The summed E-state index contributed by atoms with van der Waals surface area (Å²) in [6.07, 6.45) is 5.94. The van der Waals surface area contributed by atoms with E-state index in [1.807, 2.05) is 0 Å². The van der Waals surface area contributed by atoms with Gasteiger partial charge in [0.05, 0.1) is 12.2 Å². The van der Waals surface area contributed by atoms with Gasteiger partial charge in [0.2, 0.25) is 0 Å². The van der Waals surface area contributed by atoms with Crippen LogP contribution < -0.4 is 0 Å². The average molecular weight is 486 g/mol. The second-order valence-corrected chi connectivity index (χ2v) is 11.9. The maximum Gasteiger partial charge on any atom is 0.417 e. The fourth-order valence-corrected chi connectivity index (χ4v) is 7.67. The van der Waals surface area contributed by atoms with Crippen molar-refractivity contribution in [2.45, 2.75) is 102 Å². The highest BCUT2D eigenvalue weighted by Gasteiger charge is 2.55. The number of halogens is 3. The summed E-state index contributed by atoms with van der Waals surface area (Å²) in [5.74, 6) is 1.46. The number of fused-ring (bicyclic) bond motifs is 1. The lowest BCUT2D eigenvalue weighted by molar-refractivity contribution is -0.272. The number of hydrogen-bond acceptors (Lipinski definition) is 4. The van der Waals surface area contributed by atoms with Crippen LogP contribution >= 0.6 is 0 Å². The maximum absolute atomic E-state index is 13.2. The Labute approximate surface area is 201 Å². The normalized spacial score (nSPS) is 39.2. The molecular formula is C27H42F3NO3. The van der Waals surface area contributed by atoms with Gasteiger partial charge in [-0.1, -0.05) is 37.1 Å². The number of nitrogens with zero attached hydrogens (tertiary/aromatic N) is 1. The predicted octanol–water partition coefficient (Wildman–Crippen LogP) is 4.99. The molecule has 7 heteroatoms. The minimum Gasteiger partial charge on any atom is -0.393 e. The molecule has 0 amide bonds. The molecular weight excluding hydrogens is 443 g/mol. The van der Waals surface area contributed by atoms with Gasteiger partial charge in [0, 0.05) is 19.6 Å². The van der Waals surface area contributed by atoms with Gasteiger partial charge in [0.15, 0.2) is 5.60 Å². The molecule has 6 atom stereocenters. The van der Waals surface area contributed by atoms with Gasteiger partial charge in [-0.15, -0.1) is 0 Å².